The van der Waals surface area contributed by atoms with Crippen LogP contribution in [0.25, 0.3) is 10.9 Å². The van der Waals surface area contributed by atoms with Crippen LogP contribution in [0.5, 0.6) is 0 Å². The van der Waals surface area contributed by atoms with Crippen LogP contribution in [-0.4, -0.2) is 21.0 Å². The van der Waals surface area contributed by atoms with Gasteiger partial charge in [-0.2, -0.15) is 0 Å². The lowest BCUT2D eigenvalue weighted by Gasteiger charge is -2.28. The van der Waals surface area contributed by atoms with Gasteiger partial charge in [-0.1, -0.05) is 17.3 Å². The minimum absolute atomic E-state index is 0.136. The number of fused-ring (bicyclic) bond motifs is 1. The van der Waals surface area contributed by atoms with Crippen molar-refractivity contribution in [1.82, 2.24) is 15.0 Å². The largest absolute Gasteiger partial charge is 0.550 e. The Balaban J connectivity index is 1.76. The lowest BCUT2D eigenvalue weighted by molar-refractivity contribution is -0.312. The molecule has 6 nitrogen and oxygen atoms in total. The standard InChI is InChI=1S/C15H17N3O3/c19-14-12-3-1-2-4-13(12)16-17-18(14)9-10-5-7-11(8-6-10)15(20)21/h1-4,10-11H,5-9H2,(H,20,21)/p-1. The molecule has 0 radical (unpaired) electrons. The summed E-state index contributed by atoms with van der Waals surface area (Å²) in [6.45, 7) is 0.496. The van der Waals surface area contributed by atoms with Crippen LogP contribution in [0.2, 0.25) is 0 Å². The number of nitrogens with zero attached hydrogens (tertiary/aromatic N) is 3. The van der Waals surface area contributed by atoms with Gasteiger partial charge in [-0.3, -0.25) is 4.79 Å². The fourth-order valence-electron chi connectivity index (χ4n) is 2.97. The van der Waals surface area contributed by atoms with Crippen molar-refractivity contribution in [3.05, 3.63) is 34.6 Å². The van der Waals surface area contributed by atoms with Gasteiger partial charge < -0.3 is 9.90 Å². The third-order valence-electron chi connectivity index (χ3n) is 4.24. The Labute approximate surface area is 121 Å². The van der Waals surface area contributed by atoms with Gasteiger partial charge in [0.05, 0.1) is 5.39 Å². The predicted octanol–water partition coefficient (Wildman–Crippen LogP) is 0.348. The summed E-state index contributed by atoms with van der Waals surface area (Å²) in [5, 5.41) is 19.4. The molecule has 1 heterocycles. The Bertz CT molecular complexity index is 717. The first-order valence-electron chi connectivity index (χ1n) is 7.18. The number of rotatable bonds is 3. The zero-order valence-electron chi connectivity index (χ0n) is 11.6. The summed E-state index contributed by atoms with van der Waals surface area (Å²) < 4.78 is 1.40. The molecule has 0 amide bonds. The van der Waals surface area contributed by atoms with E-state index < -0.39 is 5.97 Å². The van der Waals surface area contributed by atoms with E-state index in [1.807, 2.05) is 6.07 Å². The maximum Gasteiger partial charge on any atom is 0.277 e. The predicted molar refractivity (Wildman–Crippen MR) is 74.3 cm³/mol. The number of carbonyl (C=O) groups excluding carboxylic acids is 1. The van der Waals surface area contributed by atoms with E-state index in [1.165, 1.54) is 4.68 Å². The zero-order chi connectivity index (χ0) is 14.8. The third-order valence-corrected chi connectivity index (χ3v) is 4.24. The molecule has 1 fully saturated rings. The summed E-state index contributed by atoms with van der Waals surface area (Å²) in [6.07, 6.45) is 2.78. The Morgan fingerprint density at radius 3 is 2.67 bits per heavy atom. The third kappa shape index (κ3) is 2.79. The average Bonchev–Trinajstić information content (AvgIpc) is 2.51. The van der Waals surface area contributed by atoms with Gasteiger partial charge in [-0.25, -0.2) is 4.68 Å². The van der Waals surface area contributed by atoms with Gasteiger partial charge in [-0.15, -0.1) is 5.10 Å². The first-order valence-corrected chi connectivity index (χ1v) is 7.18. The maximum atomic E-state index is 12.3. The molecule has 0 aliphatic heterocycles. The number of hydrogen-bond donors (Lipinski definition) is 0. The molecule has 0 atom stereocenters. The van der Waals surface area contributed by atoms with E-state index in [4.69, 9.17) is 0 Å². The Morgan fingerprint density at radius 1 is 1.24 bits per heavy atom. The molecular weight excluding hydrogens is 270 g/mol. The number of benzene rings is 1. The molecule has 110 valence electrons. The van der Waals surface area contributed by atoms with Gasteiger partial charge in [0.1, 0.15) is 5.52 Å². The highest BCUT2D eigenvalue weighted by atomic mass is 16.4. The van der Waals surface area contributed by atoms with E-state index in [0.29, 0.717) is 30.3 Å². The first-order chi connectivity index (χ1) is 10.1. The van der Waals surface area contributed by atoms with Gasteiger partial charge in [0.2, 0.25) is 0 Å². The van der Waals surface area contributed by atoms with Crippen LogP contribution in [-0.2, 0) is 11.3 Å². The van der Waals surface area contributed by atoms with Crippen LogP contribution in [0.3, 0.4) is 0 Å². The van der Waals surface area contributed by atoms with Crippen molar-refractivity contribution in [1.29, 1.82) is 0 Å². The van der Waals surface area contributed by atoms with Gasteiger partial charge in [-0.05, 0) is 49.7 Å². The van der Waals surface area contributed by atoms with Crippen LogP contribution < -0.4 is 10.7 Å². The van der Waals surface area contributed by atoms with Crippen LogP contribution in [0, 0.1) is 11.8 Å². The highest BCUT2D eigenvalue weighted by Gasteiger charge is 2.23. The van der Waals surface area contributed by atoms with Crippen LogP contribution in [0.4, 0.5) is 0 Å². The van der Waals surface area contributed by atoms with Gasteiger partial charge in [0.15, 0.2) is 0 Å². The molecule has 0 bridgehead atoms. The molecule has 21 heavy (non-hydrogen) atoms. The number of aliphatic carboxylic acids is 1. The number of hydrogen-bond acceptors (Lipinski definition) is 5. The van der Waals surface area contributed by atoms with Crippen LogP contribution in [0.1, 0.15) is 25.7 Å². The summed E-state index contributed by atoms with van der Waals surface area (Å²) in [5.41, 5.74) is 0.460. The smallest absolute Gasteiger partial charge is 0.277 e. The van der Waals surface area contributed by atoms with Crippen molar-refractivity contribution in [2.45, 2.75) is 32.2 Å². The highest BCUT2D eigenvalue weighted by Crippen LogP contribution is 2.29. The second-order valence-corrected chi connectivity index (χ2v) is 5.63. The highest BCUT2D eigenvalue weighted by molar-refractivity contribution is 5.76. The summed E-state index contributed by atoms with van der Waals surface area (Å²) >= 11 is 0. The van der Waals surface area contributed by atoms with Crippen LogP contribution >= 0.6 is 0 Å². The lowest BCUT2D eigenvalue weighted by Crippen LogP contribution is -2.35. The fraction of sp³-hybridized carbons (Fsp3) is 0.467. The number of carboxylic acids is 1. The van der Waals surface area contributed by atoms with E-state index in [0.717, 1.165) is 12.8 Å². The Morgan fingerprint density at radius 2 is 1.95 bits per heavy atom. The maximum absolute atomic E-state index is 12.3. The monoisotopic (exact) mass is 286 g/mol. The molecule has 3 rings (SSSR count). The number of carbonyl (C=O) groups is 1. The molecular formula is C15H16N3O3-. The van der Waals surface area contributed by atoms with Crippen molar-refractivity contribution in [2.75, 3.05) is 0 Å². The summed E-state index contributed by atoms with van der Waals surface area (Å²) in [6, 6.07) is 7.14. The minimum atomic E-state index is -0.962. The lowest BCUT2D eigenvalue weighted by atomic mass is 9.82. The van der Waals surface area contributed by atoms with E-state index in [-0.39, 0.29) is 17.4 Å². The van der Waals surface area contributed by atoms with E-state index in [9.17, 15) is 14.7 Å². The Hall–Kier alpha value is -2.24. The second-order valence-electron chi connectivity index (χ2n) is 5.63. The van der Waals surface area contributed by atoms with E-state index in [1.54, 1.807) is 18.2 Å². The fourth-order valence-corrected chi connectivity index (χ4v) is 2.97. The molecule has 1 aliphatic rings. The molecule has 1 aromatic heterocycles. The van der Waals surface area contributed by atoms with Gasteiger partial charge in [0, 0.05) is 12.5 Å². The van der Waals surface area contributed by atoms with Crippen molar-refractivity contribution >= 4 is 16.9 Å². The molecule has 6 heteroatoms. The second kappa shape index (κ2) is 5.63. The number of aromatic nitrogens is 3. The molecule has 0 unspecified atom stereocenters. The molecule has 1 aromatic carbocycles. The summed E-state index contributed by atoms with van der Waals surface area (Å²) in [4.78, 5) is 23.2. The molecule has 1 aliphatic carbocycles. The van der Waals surface area contributed by atoms with Crippen molar-refractivity contribution < 1.29 is 9.90 Å². The molecule has 2 aromatic rings. The quantitative estimate of drug-likeness (QED) is 0.812. The molecule has 0 spiro atoms. The van der Waals surface area contributed by atoms with Crippen molar-refractivity contribution in [3.8, 4) is 0 Å². The topological polar surface area (TPSA) is 87.9 Å². The normalized spacial score (nSPS) is 22.3. The first kappa shape index (κ1) is 13.7. The molecule has 1 saturated carbocycles. The number of carboxylic acid groups (broad SMARTS) is 1. The molecule has 0 saturated heterocycles. The van der Waals surface area contributed by atoms with Crippen molar-refractivity contribution in [2.24, 2.45) is 11.8 Å². The Kier molecular flexibility index (Phi) is 3.68. The summed E-state index contributed by atoms with van der Waals surface area (Å²) in [7, 11) is 0. The average molecular weight is 286 g/mol. The summed E-state index contributed by atoms with van der Waals surface area (Å²) in [5.74, 6) is -1.04. The van der Waals surface area contributed by atoms with Crippen LogP contribution in [0.15, 0.2) is 29.1 Å². The minimum Gasteiger partial charge on any atom is -0.550 e. The van der Waals surface area contributed by atoms with E-state index in [2.05, 4.69) is 10.3 Å². The zero-order valence-corrected chi connectivity index (χ0v) is 11.6. The van der Waals surface area contributed by atoms with Crippen molar-refractivity contribution in [3.63, 3.8) is 0 Å². The van der Waals surface area contributed by atoms with E-state index >= 15 is 0 Å². The SMILES string of the molecule is O=C([O-])C1CCC(Cn2nnc3ccccc3c2=O)CC1. The van der Waals surface area contributed by atoms with Gasteiger partial charge in [0.25, 0.3) is 5.56 Å². The van der Waals surface area contributed by atoms with Gasteiger partial charge >= 0.3 is 0 Å². The molecule has 0 N–H and O–H groups in total.